The summed E-state index contributed by atoms with van der Waals surface area (Å²) in [6.07, 6.45) is 0.981. The standard InChI is InChI=1S/C14H24N2O/c1-10-5-6-12(3)13(7-10)14(16-15)8-11(2)9-17-4/h5-7,11,14,16H,8-9,15H2,1-4H3. The molecule has 17 heavy (non-hydrogen) atoms. The van der Waals surface area contributed by atoms with Crippen molar-refractivity contribution in [2.75, 3.05) is 13.7 Å². The van der Waals surface area contributed by atoms with Gasteiger partial charge in [-0.05, 0) is 37.3 Å². The van der Waals surface area contributed by atoms with E-state index >= 15 is 0 Å². The van der Waals surface area contributed by atoms with E-state index in [-0.39, 0.29) is 6.04 Å². The van der Waals surface area contributed by atoms with Crippen LogP contribution in [0.15, 0.2) is 18.2 Å². The zero-order chi connectivity index (χ0) is 12.8. The van der Waals surface area contributed by atoms with Gasteiger partial charge in [0, 0.05) is 19.8 Å². The van der Waals surface area contributed by atoms with Gasteiger partial charge in [-0.15, -0.1) is 0 Å². The minimum absolute atomic E-state index is 0.194. The lowest BCUT2D eigenvalue weighted by Gasteiger charge is -2.22. The molecule has 3 N–H and O–H groups in total. The van der Waals surface area contributed by atoms with Gasteiger partial charge in [-0.2, -0.15) is 0 Å². The lowest BCUT2D eigenvalue weighted by atomic mass is 9.92. The van der Waals surface area contributed by atoms with Crippen molar-refractivity contribution in [3.8, 4) is 0 Å². The number of methoxy groups -OCH3 is 1. The van der Waals surface area contributed by atoms with E-state index in [1.54, 1.807) is 7.11 Å². The van der Waals surface area contributed by atoms with Crippen LogP contribution in [0.25, 0.3) is 0 Å². The highest BCUT2D eigenvalue weighted by molar-refractivity contribution is 5.32. The second kappa shape index (κ2) is 6.74. The van der Waals surface area contributed by atoms with Gasteiger partial charge in [0.05, 0.1) is 0 Å². The molecule has 2 atom stereocenters. The Morgan fingerprint density at radius 3 is 2.65 bits per heavy atom. The summed E-state index contributed by atoms with van der Waals surface area (Å²) in [4.78, 5) is 0. The molecule has 3 nitrogen and oxygen atoms in total. The molecule has 0 amide bonds. The van der Waals surface area contributed by atoms with E-state index in [0.29, 0.717) is 5.92 Å². The van der Waals surface area contributed by atoms with Crippen molar-refractivity contribution in [2.24, 2.45) is 11.8 Å². The maximum Gasteiger partial charge on any atom is 0.0488 e. The first kappa shape index (κ1) is 14.2. The molecule has 0 radical (unpaired) electrons. The molecule has 1 aromatic carbocycles. The maximum absolute atomic E-state index is 5.68. The van der Waals surface area contributed by atoms with Crippen LogP contribution in [0.3, 0.4) is 0 Å². The van der Waals surface area contributed by atoms with E-state index in [0.717, 1.165) is 13.0 Å². The lowest BCUT2D eigenvalue weighted by Crippen LogP contribution is -2.30. The number of ether oxygens (including phenoxy) is 1. The molecule has 0 bridgehead atoms. The van der Waals surface area contributed by atoms with Crippen LogP contribution >= 0.6 is 0 Å². The van der Waals surface area contributed by atoms with Gasteiger partial charge in [0.2, 0.25) is 0 Å². The van der Waals surface area contributed by atoms with Crippen LogP contribution in [0.4, 0.5) is 0 Å². The first-order valence-electron chi connectivity index (χ1n) is 6.10. The van der Waals surface area contributed by atoms with E-state index in [9.17, 15) is 0 Å². The van der Waals surface area contributed by atoms with Crippen LogP contribution in [-0.2, 0) is 4.74 Å². The Balaban J connectivity index is 2.82. The minimum atomic E-state index is 0.194. The Bertz CT molecular complexity index is 352. The highest BCUT2D eigenvalue weighted by Gasteiger charge is 2.15. The van der Waals surface area contributed by atoms with Crippen molar-refractivity contribution in [2.45, 2.75) is 33.2 Å². The molecule has 2 unspecified atom stereocenters. The van der Waals surface area contributed by atoms with Crippen molar-refractivity contribution in [1.29, 1.82) is 0 Å². The van der Waals surface area contributed by atoms with E-state index in [2.05, 4.69) is 44.4 Å². The van der Waals surface area contributed by atoms with Gasteiger partial charge >= 0.3 is 0 Å². The highest BCUT2D eigenvalue weighted by Crippen LogP contribution is 2.24. The zero-order valence-corrected chi connectivity index (χ0v) is 11.3. The molecule has 3 heteroatoms. The molecule has 1 rings (SSSR count). The SMILES string of the molecule is COCC(C)CC(NN)c1cc(C)ccc1C. The molecule has 96 valence electrons. The molecule has 0 heterocycles. The van der Waals surface area contributed by atoms with Gasteiger partial charge in [-0.25, -0.2) is 0 Å². The van der Waals surface area contributed by atoms with Crippen LogP contribution in [-0.4, -0.2) is 13.7 Å². The molecule has 0 aliphatic rings. The Labute approximate surface area is 104 Å². The summed E-state index contributed by atoms with van der Waals surface area (Å²) in [5.74, 6) is 6.16. The average molecular weight is 236 g/mol. The second-order valence-electron chi connectivity index (χ2n) is 4.88. The third-order valence-corrected chi connectivity index (χ3v) is 3.10. The Kier molecular flexibility index (Phi) is 5.62. The van der Waals surface area contributed by atoms with Gasteiger partial charge in [0.1, 0.15) is 0 Å². The number of hydrogen-bond acceptors (Lipinski definition) is 3. The number of nitrogens with one attached hydrogen (secondary N) is 1. The zero-order valence-electron chi connectivity index (χ0n) is 11.3. The predicted molar refractivity (Wildman–Crippen MR) is 71.6 cm³/mol. The molecule has 0 aliphatic carbocycles. The fourth-order valence-electron chi connectivity index (χ4n) is 2.18. The largest absolute Gasteiger partial charge is 0.384 e. The van der Waals surface area contributed by atoms with E-state index in [1.165, 1.54) is 16.7 Å². The van der Waals surface area contributed by atoms with Crippen molar-refractivity contribution >= 4 is 0 Å². The van der Waals surface area contributed by atoms with E-state index in [1.807, 2.05) is 0 Å². The quantitative estimate of drug-likeness (QED) is 0.589. The van der Waals surface area contributed by atoms with Crippen LogP contribution in [0, 0.1) is 19.8 Å². The van der Waals surface area contributed by atoms with Crippen molar-refractivity contribution in [3.05, 3.63) is 34.9 Å². The fourth-order valence-corrected chi connectivity index (χ4v) is 2.18. The number of nitrogens with two attached hydrogens (primary N) is 1. The van der Waals surface area contributed by atoms with E-state index in [4.69, 9.17) is 10.6 Å². The smallest absolute Gasteiger partial charge is 0.0488 e. The normalized spacial score (nSPS) is 14.6. The molecule has 0 aromatic heterocycles. The van der Waals surface area contributed by atoms with Crippen LogP contribution in [0.1, 0.15) is 36.1 Å². The second-order valence-corrected chi connectivity index (χ2v) is 4.88. The lowest BCUT2D eigenvalue weighted by molar-refractivity contribution is 0.149. The Hall–Kier alpha value is -0.900. The molecular weight excluding hydrogens is 212 g/mol. The van der Waals surface area contributed by atoms with Crippen molar-refractivity contribution in [3.63, 3.8) is 0 Å². The number of rotatable bonds is 6. The fraction of sp³-hybridized carbons (Fsp3) is 0.571. The van der Waals surface area contributed by atoms with Gasteiger partial charge in [0.25, 0.3) is 0 Å². The summed E-state index contributed by atoms with van der Waals surface area (Å²) < 4.78 is 5.17. The van der Waals surface area contributed by atoms with Gasteiger partial charge in [0.15, 0.2) is 0 Å². The molecule has 0 fully saturated rings. The summed E-state index contributed by atoms with van der Waals surface area (Å²) in [5.41, 5.74) is 6.76. The summed E-state index contributed by atoms with van der Waals surface area (Å²) in [6, 6.07) is 6.68. The number of aryl methyl sites for hydroxylation is 2. The maximum atomic E-state index is 5.68. The number of benzene rings is 1. The summed E-state index contributed by atoms with van der Waals surface area (Å²) >= 11 is 0. The van der Waals surface area contributed by atoms with Gasteiger partial charge < -0.3 is 4.74 Å². The van der Waals surface area contributed by atoms with Crippen molar-refractivity contribution < 1.29 is 4.74 Å². The molecule has 1 aromatic rings. The summed E-state index contributed by atoms with van der Waals surface area (Å²) in [7, 11) is 1.74. The van der Waals surface area contributed by atoms with Gasteiger partial charge in [-0.1, -0.05) is 30.7 Å². The van der Waals surface area contributed by atoms with Gasteiger partial charge in [-0.3, -0.25) is 11.3 Å². The molecule has 0 aliphatic heterocycles. The average Bonchev–Trinajstić information content (AvgIpc) is 2.30. The third kappa shape index (κ3) is 4.11. The number of hydrogen-bond donors (Lipinski definition) is 2. The molecule has 0 saturated carbocycles. The molecular formula is C14H24N2O. The van der Waals surface area contributed by atoms with Crippen LogP contribution in [0.2, 0.25) is 0 Å². The van der Waals surface area contributed by atoms with Crippen LogP contribution in [0.5, 0.6) is 0 Å². The highest BCUT2D eigenvalue weighted by atomic mass is 16.5. The Morgan fingerprint density at radius 1 is 1.35 bits per heavy atom. The number of hydrazine groups is 1. The predicted octanol–water partition coefficient (Wildman–Crippen LogP) is 2.48. The van der Waals surface area contributed by atoms with Crippen molar-refractivity contribution in [1.82, 2.24) is 5.43 Å². The van der Waals surface area contributed by atoms with E-state index < -0.39 is 0 Å². The topological polar surface area (TPSA) is 47.3 Å². The summed E-state index contributed by atoms with van der Waals surface area (Å²) in [6.45, 7) is 7.18. The molecule has 0 spiro atoms. The van der Waals surface area contributed by atoms with Crippen LogP contribution < -0.4 is 11.3 Å². The summed E-state index contributed by atoms with van der Waals surface area (Å²) in [5, 5.41) is 0. The molecule has 0 saturated heterocycles. The Morgan fingerprint density at radius 2 is 2.06 bits per heavy atom. The first-order valence-corrected chi connectivity index (χ1v) is 6.10. The first-order chi connectivity index (χ1) is 8.08. The monoisotopic (exact) mass is 236 g/mol. The third-order valence-electron chi connectivity index (χ3n) is 3.10. The minimum Gasteiger partial charge on any atom is -0.384 e.